The number of amides is 1. The Labute approximate surface area is 136 Å². The molecule has 4 heteroatoms. The van der Waals surface area contributed by atoms with E-state index in [9.17, 15) is 4.79 Å². The van der Waals surface area contributed by atoms with Crippen LogP contribution in [0.1, 0.15) is 23.1 Å². The summed E-state index contributed by atoms with van der Waals surface area (Å²) >= 11 is 5.92. The summed E-state index contributed by atoms with van der Waals surface area (Å²) in [4.78, 5) is 11.9. The van der Waals surface area contributed by atoms with E-state index in [0.29, 0.717) is 19.5 Å². The molecule has 2 aromatic carbocycles. The van der Waals surface area contributed by atoms with Gasteiger partial charge in [-0.15, -0.1) is 0 Å². The molecule has 0 aliphatic rings. The van der Waals surface area contributed by atoms with E-state index in [4.69, 9.17) is 11.6 Å². The molecule has 0 aromatic heterocycles. The van der Waals surface area contributed by atoms with E-state index in [1.165, 1.54) is 5.56 Å². The molecule has 2 N–H and O–H groups in total. The zero-order chi connectivity index (χ0) is 15.9. The summed E-state index contributed by atoms with van der Waals surface area (Å²) in [6.45, 7) is 5.21. The molecule has 0 saturated heterocycles. The van der Waals surface area contributed by atoms with Crippen LogP contribution in [-0.2, 0) is 11.3 Å². The first-order valence-corrected chi connectivity index (χ1v) is 7.74. The quantitative estimate of drug-likeness (QED) is 0.843. The lowest BCUT2D eigenvalue weighted by Gasteiger charge is -2.10. The molecule has 0 aliphatic heterocycles. The molecule has 0 atom stereocenters. The Kier molecular flexibility index (Phi) is 5.84. The normalized spacial score (nSPS) is 10.3. The third-order valence-electron chi connectivity index (χ3n) is 3.43. The maximum atomic E-state index is 11.9. The summed E-state index contributed by atoms with van der Waals surface area (Å²) < 4.78 is 0. The first-order chi connectivity index (χ1) is 10.5. The van der Waals surface area contributed by atoms with E-state index in [0.717, 1.165) is 21.8 Å². The predicted molar refractivity (Wildman–Crippen MR) is 92.3 cm³/mol. The molecule has 0 spiro atoms. The molecule has 2 rings (SSSR count). The topological polar surface area (TPSA) is 41.1 Å². The third kappa shape index (κ3) is 5.08. The first kappa shape index (κ1) is 16.4. The second kappa shape index (κ2) is 7.85. The number of carbonyl (C=O) groups excluding carboxylic acids is 1. The van der Waals surface area contributed by atoms with E-state index in [-0.39, 0.29) is 5.91 Å². The highest BCUT2D eigenvalue weighted by Crippen LogP contribution is 2.19. The Bertz CT molecular complexity index is 655. The van der Waals surface area contributed by atoms with Gasteiger partial charge in [0.05, 0.1) is 0 Å². The zero-order valence-electron chi connectivity index (χ0n) is 12.9. The van der Waals surface area contributed by atoms with Gasteiger partial charge in [-0.25, -0.2) is 0 Å². The van der Waals surface area contributed by atoms with Crippen LogP contribution in [0.2, 0.25) is 5.02 Å². The summed E-state index contributed by atoms with van der Waals surface area (Å²) in [6, 6.07) is 13.8. The molecule has 2 aromatic rings. The largest absolute Gasteiger partial charge is 0.384 e. The molecule has 0 fully saturated rings. The van der Waals surface area contributed by atoms with E-state index >= 15 is 0 Å². The number of anilines is 1. The molecule has 0 radical (unpaired) electrons. The van der Waals surface area contributed by atoms with Gasteiger partial charge in [-0.2, -0.15) is 0 Å². The number of carbonyl (C=O) groups is 1. The minimum Gasteiger partial charge on any atom is -0.384 e. The van der Waals surface area contributed by atoms with Gasteiger partial charge in [0.1, 0.15) is 0 Å². The summed E-state index contributed by atoms with van der Waals surface area (Å²) in [6.07, 6.45) is 0.438. The van der Waals surface area contributed by atoms with E-state index in [1.807, 2.05) is 50.2 Å². The van der Waals surface area contributed by atoms with Crippen LogP contribution >= 0.6 is 11.6 Å². The Morgan fingerprint density at radius 3 is 2.68 bits per heavy atom. The third-order valence-corrected chi connectivity index (χ3v) is 3.66. The van der Waals surface area contributed by atoms with Crippen molar-refractivity contribution in [3.8, 4) is 0 Å². The van der Waals surface area contributed by atoms with E-state index in [1.54, 1.807) is 0 Å². The van der Waals surface area contributed by atoms with Crippen LogP contribution in [0.25, 0.3) is 0 Å². The highest BCUT2D eigenvalue weighted by molar-refractivity contribution is 6.30. The second-order valence-electron chi connectivity index (χ2n) is 5.40. The van der Waals surface area contributed by atoms with Crippen molar-refractivity contribution in [1.29, 1.82) is 0 Å². The molecule has 0 aliphatic carbocycles. The molecule has 22 heavy (non-hydrogen) atoms. The molecule has 116 valence electrons. The number of hydrogen-bond acceptors (Lipinski definition) is 2. The first-order valence-electron chi connectivity index (χ1n) is 7.37. The number of halogens is 1. The van der Waals surface area contributed by atoms with Crippen LogP contribution in [-0.4, -0.2) is 12.5 Å². The average Bonchev–Trinajstić information content (AvgIpc) is 2.47. The van der Waals surface area contributed by atoms with Crippen molar-refractivity contribution in [3.05, 3.63) is 64.2 Å². The van der Waals surface area contributed by atoms with Gasteiger partial charge in [0.15, 0.2) is 0 Å². The SMILES string of the molecule is Cc1cccc(CNC(=O)CCNc2ccc(Cl)cc2C)c1. The van der Waals surface area contributed by atoms with Gasteiger partial charge in [0, 0.05) is 30.2 Å². The molecule has 0 bridgehead atoms. The van der Waals surface area contributed by atoms with Crippen LogP contribution in [0.4, 0.5) is 5.69 Å². The fraction of sp³-hybridized carbons (Fsp3) is 0.278. The molecule has 0 unspecified atom stereocenters. The molecular weight excluding hydrogens is 296 g/mol. The van der Waals surface area contributed by atoms with Crippen molar-refractivity contribution in [2.75, 3.05) is 11.9 Å². The van der Waals surface area contributed by atoms with Crippen LogP contribution in [0, 0.1) is 13.8 Å². The standard InChI is InChI=1S/C18H21ClN2O/c1-13-4-3-5-15(10-13)12-21-18(22)8-9-20-17-7-6-16(19)11-14(17)2/h3-7,10-11,20H,8-9,12H2,1-2H3,(H,21,22). The van der Waals surface area contributed by atoms with E-state index in [2.05, 4.69) is 16.7 Å². The second-order valence-corrected chi connectivity index (χ2v) is 5.84. The monoisotopic (exact) mass is 316 g/mol. The lowest BCUT2D eigenvalue weighted by molar-refractivity contribution is -0.121. The number of hydrogen-bond donors (Lipinski definition) is 2. The van der Waals surface area contributed by atoms with Gasteiger partial charge < -0.3 is 10.6 Å². The number of rotatable bonds is 6. The predicted octanol–water partition coefficient (Wildman–Crippen LogP) is 4.08. The summed E-state index contributed by atoms with van der Waals surface area (Å²) in [5.74, 6) is 0.0422. The molecule has 0 saturated carbocycles. The van der Waals surface area contributed by atoms with Crippen molar-refractivity contribution in [2.45, 2.75) is 26.8 Å². The van der Waals surface area contributed by atoms with Crippen LogP contribution in [0.5, 0.6) is 0 Å². The summed E-state index contributed by atoms with van der Waals surface area (Å²) in [7, 11) is 0. The average molecular weight is 317 g/mol. The lowest BCUT2D eigenvalue weighted by Crippen LogP contribution is -2.25. The Morgan fingerprint density at radius 2 is 1.95 bits per heavy atom. The summed E-state index contributed by atoms with van der Waals surface area (Å²) in [5.41, 5.74) is 4.41. The van der Waals surface area contributed by atoms with Crippen molar-refractivity contribution >= 4 is 23.2 Å². The van der Waals surface area contributed by atoms with Gasteiger partial charge in [-0.1, -0.05) is 41.4 Å². The van der Waals surface area contributed by atoms with Gasteiger partial charge in [-0.3, -0.25) is 4.79 Å². The maximum Gasteiger partial charge on any atom is 0.222 e. The highest BCUT2D eigenvalue weighted by atomic mass is 35.5. The van der Waals surface area contributed by atoms with Gasteiger partial charge in [0.2, 0.25) is 5.91 Å². The van der Waals surface area contributed by atoms with Crippen molar-refractivity contribution in [1.82, 2.24) is 5.32 Å². The van der Waals surface area contributed by atoms with Crippen molar-refractivity contribution < 1.29 is 4.79 Å². The number of aryl methyl sites for hydroxylation is 2. The van der Waals surface area contributed by atoms with Crippen molar-refractivity contribution in [2.24, 2.45) is 0 Å². The molecule has 3 nitrogen and oxygen atoms in total. The molecule has 1 amide bonds. The number of benzene rings is 2. The highest BCUT2D eigenvalue weighted by Gasteiger charge is 2.03. The number of nitrogens with one attached hydrogen (secondary N) is 2. The van der Waals surface area contributed by atoms with Gasteiger partial charge in [-0.05, 0) is 43.2 Å². The van der Waals surface area contributed by atoms with E-state index < -0.39 is 0 Å². The summed E-state index contributed by atoms with van der Waals surface area (Å²) in [5, 5.41) is 6.92. The Morgan fingerprint density at radius 1 is 1.14 bits per heavy atom. The van der Waals surface area contributed by atoms with Crippen LogP contribution in [0.15, 0.2) is 42.5 Å². The lowest BCUT2D eigenvalue weighted by atomic mass is 10.1. The zero-order valence-corrected chi connectivity index (χ0v) is 13.7. The Balaban J connectivity index is 1.74. The fourth-order valence-corrected chi connectivity index (χ4v) is 2.47. The Hall–Kier alpha value is -2.00. The fourth-order valence-electron chi connectivity index (χ4n) is 2.25. The molecule has 0 heterocycles. The van der Waals surface area contributed by atoms with Crippen LogP contribution < -0.4 is 10.6 Å². The van der Waals surface area contributed by atoms with Crippen LogP contribution in [0.3, 0.4) is 0 Å². The maximum absolute atomic E-state index is 11.9. The minimum atomic E-state index is 0.0422. The van der Waals surface area contributed by atoms with Gasteiger partial charge >= 0.3 is 0 Å². The smallest absolute Gasteiger partial charge is 0.222 e. The van der Waals surface area contributed by atoms with Crippen molar-refractivity contribution in [3.63, 3.8) is 0 Å². The molecular formula is C18H21ClN2O. The van der Waals surface area contributed by atoms with Gasteiger partial charge in [0.25, 0.3) is 0 Å². The minimum absolute atomic E-state index is 0.0422.